The molecule has 0 unspecified atom stereocenters. The third-order valence-corrected chi connectivity index (χ3v) is 7.24. The van der Waals surface area contributed by atoms with E-state index in [4.69, 9.17) is 0 Å². The first-order valence-electron chi connectivity index (χ1n) is 8.77. The first kappa shape index (κ1) is 19.2. The molecule has 0 atom stereocenters. The van der Waals surface area contributed by atoms with Crippen LogP contribution < -0.4 is 9.29 Å². The lowest BCUT2D eigenvalue weighted by molar-refractivity contribution is -0.578. The topological polar surface area (TPSA) is 84.2 Å². The average Bonchev–Trinajstić information content (AvgIpc) is 3.21. The van der Waals surface area contributed by atoms with Crippen molar-refractivity contribution >= 4 is 38.6 Å². The summed E-state index contributed by atoms with van der Waals surface area (Å²) < 4.78 is 29.6. The fraction of sp³-hybridized carbons (Fsp3) is 0.0952. The number of carbonyl (C=O) groups excluding carboxylic acids is 2. The van der Waals surface area contributed by atoms with E-state index in [0.29, 0.717) is 0 Å². The number of fused-ring (bicyclic) bond motifs is 1. The van der Waals surface area contributed by atoms with Gasteiger partial charge in [-0.2, -0.15) is 4.57 Å². The molecule has 2 aromatic heterocycles. The minimum Gasteiger partial charge on any atom is -0.287 e. The zero-order valence-corrected chi connectivity index (χ0v) is 17.3. The summed E-state index contributed by atoms with van der Waals surface area (Å²) in [7, 11) is -4.01. The number of allylic oxidation sites excluding steroid dienone is 2. The van der Waals surface area contributed by atoms with Gasteiger partial charge in [0, 0.05) is 22.3 Å². The number of carbonyl (C=O) groups is 2. The van der Waals surface area contributed by atoms with Crippen LogP contribution in [0.4, 0.5) is 0 Å². The smallest absolute Gasteiger partial charge is 0.287 e. The standard InChI is InChI=1S/C21H16N2O4S2/c1-13-10-14(2)12-23(11-13)19-18(22-29(26,27)17-8-5-9-28-17)20(24)15-6-3-4-7-16(15)21(19)25/h3-12H,1-2H3/p+1. The van der Waals surface area contributed by atoms with Crippen molar-refractivity contribution in [2.75, 3.05) is 0 Å². The lowest BCUT2D eigenvalue weighted by Gasteiger charge is -2.18. The van der Waals surface area contributed by atoms with Crippen LogP contribution in [0.5, 0.6) is 0 Å². The van der Waals surface area contributed by atoms with Gasteiger partial charge in [0.25, 0.3) is 21.5 Å². The number of thiophene rings is 1. The number of sulfonamides is 1. The van der Waals surface area contributed by atoms with Crippen molar-refractivity contribution in [3.05, 3.63) is 88.2 Å². The van der Waals surface area contributed by atoms with Crippen molar-refractivity contribution in [2.45, 2.75) is 18.1 Å². The van der Waals surface area contributed by atoms with Crippen LogP contribution in [0, 0.1) is 13.8 Å². The summed E-state index contributed by atoms with van der Waals surface area (Å²) in [5.74, 6) is -0.957. The van der Waals surface area contributed by atoms with E-state index in [-0.39, 0.29) is 26.7 Å². The van der Waals surface area contributed by atoms with Crippen LogP contribution in [-0.2, 0) is 10.0 Å². The number of ketones is 2. The molecule has 2 heterocycles. The first-order chi connectivity index (χ1) is 13.8. The molecule has 0 aliphatic heterocycles. The number of nitrogens with one attached hydrogen (secondary N) is 1. The number of pyridine rings is 1. The van der Waals surface area contributed by atoms with Gasteiger partial charge in [-0.15, -0.1) is 11.3 Å². The SMILES string of the molecule is Cc1cc(C)c[n+](C2=C(NS(=O)(=O)c3cccs3)C(=O)c3ccccc3C2=O)c1. The lowest BCUT2D eigenvalue weighted by atomic mass is 9.90. The predicted octanol–water partition coefficient (Wildman–Crippen LogP) is 2.88. The van der Waals surface area contributed by atoms with Gasteiger partial charge in [-0.1, -0.05) is 30.3 Å². The molecule has 6 nitrogen and oxygen atoms in total. The van der Waals surface area contributed by atoms with E-state index < -0.39 is 21.6 Å². The molecule has 146 valence electrons. The van der Waals surface area contributed by atoms with Crippen molar-refractivity contribution < 1.29 is 22.6 Å². The quantitative estimate of drug-likeness (QED) is 0.652. The Balaban J connectivity index is 1.97. The minimum absolute atomic E-state index is 0.0133. The van der Waals surface area contributed by atoms with Crippen LogP contribution >= 0.6 is 11.3 Å². The molecule has 0 spiro atoms. The highest BCUT2D eigenvalue weighted by Crippen LogP contribution is 2.27. The summed E-state index contributed by atoms with van der Waals surface area (Å²) in [5, 5.41) is 1.63. The second kappa shape index (κ2) is 7.06. The van der Waals surface area contributed by atoms with Crippen LogP contribution in [-0.4, -0.2) is 20.0 Å². The first-order valence-corrected chi connectivity index (χ1v) is 11.1. The van der Waals surface area contributed by atoms with Gasteiger partial charge in [0.2, 0.25) is 5.78 Å². The van der Waals surface area contributed by atoms with Gasteiger partial charge >= 0.3 is 0 Å². The molecule has 29 heavy (non-hydrogen) atoms. The summed E-state index contributed by atoms with van der Waals surface area (Å²) in [6.45, 7) is 3.73. The molecule has 1 aromatic carbocycles. The van der Waals surface area contributed by atoms with Gasteiger partial charge in [0.05, 0.1) is 0 Å². The van der Waals surface area contributed by atoms with Crippen LogP contribution in [0.25, 0.3) is 5.70 Å². The van der Waals surface area contributed by atoms with Crippen molar-refractivity contribution in [1.29, 1.82) is 0 Å². The number of Topliss-reactive ketones (excluding diaryl/α,β-unsaturated/α-hetero) is 2. The Morgan fingerprint density at radius 1 is 0.897 bits per heavy atom. The Kier molecular flexibility index (Phi) is 4.68. The normalized spacial score (nSPS) is 14.1. The Hall–Kier alpha value is -3.10. The minimum atomic E-state index is -4.01. The molecule has 1 aliphatic carbocycles. The van der Waals surface area contributed by atoms with Crippen LogP contribution in [0.2, 0.25) is 0 Å². The van der Waals surface area contributed by atoms with Crippen LogP contribution in [0.1, 0.15) is 31.8 Å². The molecule has 3 aromatic rings. The number of nitrogens with zero attached hydrogens (tertiary/aromatic N) is 1. The van der Waals surface area contributed by atoms with Crippen LogP contribution in [0.15, 0.2) is 70.1 Å². The Morgan fingerprint density at radius 2 is 1.52 bits per heavy atom. The van der Waals surface area contributed by atoms with E-state index in [1.807, 2.05) is 19.9 Å². The number of aromatic nitrogens is 1. The summed E-state index contributed by atoms with van der Waals surface area (Å²) >= 11 is 1.03. The molecule has 0 saturated carbocycles. The maximum atomic E-state index is 13.3. The molecule has 1 aliphatic rings. The van der Waals surface area contributed by atoms with E-state index in [0.717, 1.165) is 22.5 Å². The second-order valence-corrected chi connectivity index (χ2v) is 9.62. The molecule has 0 bridgehead atoms. The van der Waals surface area contributed by atoms with E-state index in [1.54, 1.807) is 42.0 Å². The highest BCUT2D eigenvalue weighted by Gasteiger charge is 2.40. The average molecular weight is 426 g/mol. The summed E-state index contributed by atoms with van der Waals surface area (Å²) in [6, 6.07) is 11.4. The number of aryl methyl sites for hydroxylation is 2. The fourth-order valence-corrected chi connectivity index (χ4v) is 5.41. The van der Waals surface area contributed by atoms with Gasteiger partial charge in [-0.05, 0) is 31.4 Å². The van der Waals surface area contributed by atoms with Crippen molar-refractivity contribution in [3.8, 4) is 0 Å². The van der Waals surface area contributed by atoms with Crippen LogP contribution in [0.3, 0.4) is 0 Å². The highest BCUT2D eigenvalue weighted by molar-refractivity contribution is 7.91. The summed E-state index contributed by atoms with van der Waals surface area (Å²) in [5.41, 5.74) is 1.90. The molecule has 8 heteroatoms. The Labute approximate surface area is 172 Å². The zero-order chi connectivity index (χ0) is 20.8. The van der Waals surface area contributed by atoms with E-state index in [1.165, 1.54) is 16.7 Å². The van der Waals surface area contributed by atoms with Gasteiger partial charge in [-0.25, -0.2) is 8.42 Å². The molecule has 0 amide bonds. The fourth-order valence-electron chi connectivity index (χ4n) is 3.34. The van der Waals surface area contributed by atoms with Gasteiger partial charge in [0.15, 0.2) is 18.1 Å². The number of benzene rings is 1. The summed E-state index contributed by atoms with van der Waals surface area (Å²) in [6.07, 6.45) is 3.39. The molecule has 0 fully saturated rings. The second-order valence-electron chi connectivity index (χ2n) is 6.76. The van der Waals surface area contributed by atoms with E-state index >= 15 is 0 Å². The number of hydrogen-bond donors (Lipinski definition) is 1. The predicted molar refractivity (Wildman–Crippen MR) is 109 cm³/mol. The zero-order valence-electron chi connectivity index (χ0n) is 15.7. The summed E-state index contributed by atoms with van der Waals surface area (Å²) in [4.78, 5) is 26.5. The van der Waals surface area contributed by atoms with Gasteiger partial charge < -0.3 is 0 Å². The molecular weight excluding hydrogens is 408 g/mol. The van der Waals surface area contributed by atoms with Gasteiger partial charge in [0.1, 0.15) is 4.21 Å². The third-order valence-electron chi connectivity index (χ3n) is 4.49. The molecular formula is C21H17N2O4S2+. The molecule has 0 saturated heterocycles. The molecule has 4 rings (SSSR count). The highest BCUT2D eigenvalue weighted by atomic mass is 32.2. The van der Waals surface area contributed by atoms with E-state index in [2.05, 4.69) is 4.72 Å². The molecule has 1 N–H and O–H groups in total. The van der Waals surface area contributed by atoms with Crippen molar-refractivity contribution in [3.63, 3.8) is 0 Å². The van der Waals surface area contributed by atoms with Crippen molar-refractivity contribution in [2.24, 2.45) is 0 Å². The maximum absolute atomic E-state index is 13.3. The van der Waals surface area contributed by atoms with Gasteiger partial charge in [-0.3, -0.25) is 14.3 Å². The van der Waals surface area contributed by atoms with E-state index in [9.17, 15) is 18.0 Å². The lowest BCUT2D eigenvalue weighted by Crippen LogP contribution is -2.45. The Bertz CT molecular complexity index is 1270. The number of rotatable bonds is 4. The maximum Gasteiger partial charge on any atom is 0.287 e. The molecule has 0 radical (unpaired) electrons. The largest absolute Gasteiger partial charge is 0.287 e. The Morgan fingerprint density at radius 3 is 2.10 bits per heavy atom. The number of hydrogen-bond acceptors (Lipinski definition) is 5. The van der Waals surface area contributed by atoms with Crippen molar-refractivity contribution in [1.82, 2.24) is 4.72 Å². The third kappa shape index (κ3) is 3.41. The monoisotopic (exact) mass is 425 g/mol.